The lowest BCUT2D eigenvalue weighted by atomic mass is 9.85. The Morgan fingerprint density at radius 2 is 1.71 bits per heavy atom. The monoisotopic (exact) mass is 229 g/mol. The van der Waals surface area contributed by atoms with Crippen LogP contribution in [0.3, 0.4) is 0 Å². The Morgan fingerprint density at radius 3 is 2.41 bits per heavy atom. The largest absolute Gasteiger partial charge is 0.253 e. The summed E-state index contributed by atoms with van der Waals surface area (Å²) < 4.78 is 13.8. The van der Waals surface area contributed by atoms with Crippen LogP contribution in [0.25, 0.3) is 10.9 Å². The first-order valence-corrected chi connectivity index (χ1v) is 6.17. The van der Waals surface area contributed by atoms with Gasteiger partial charge in [0.15, 0.2) is 0 Å². The summed E-state index contributed by atoms with van der Waals surface area (Å²) in [6.45, 7) is 6.02. The first-order chi connectivity index (χ1) is 8.09. The van der Waals surface area contributed by atoms with Gasteiger partial charge in [-0.25, -0.2) is 4.39 Å². The van der Waals surface area contributed by atoms with Gasteiger partial charge in [-0.15, -0.1) is 0 Å². The maximum Gasteiger partial charge on any atom is 0.128 e. The fraction of sp³-hybridized carbons (Fsp3) is 0.400. The molecule has 1 aliphatic rings. The van der Waals surface area contributed by atoms with Crippen LogP contribution in [0.5, 0.6) is 0 Å². The molecule has 0 N–H and O–H groups in total. The molecule has 0 spiro atoms. The molecule has 17 heavy (non-hydrogen) atoms. The molecule has 0 saturated carbocycles. The molecule has 1 aromatic carbocycles. The highest BCUT2D eigenvalue weighted by atomic mass is 19.1. The SMILES string of the molecule is Cc1nc2cc(F)c(C)c3c2c(c1C)CCC3. The highest BCUT2D eigenvalue weighted by molar-refractivity contribution is 5.89. The van der Waals surface area contributed by atoms with Gasteiger partial charge in [0.25, 0.3) is 0 Å². The van der Waals surface area contributed by atoms with E-state index in [1.807, 2.05) is 13.8 Å². The second-order valence-electron chi connectivity index (χ2n) is 5.01. The Labute approximate surface area is 101 Å². The molecule has 0 aliphatic heterocycles. The molecule has 0 amide bonds. The summed E-state index contributed by atoms with van der Waals surface area (Å²) in [5, 5.41) is 1.22. The molecule has 0 atom stereocenters. The van der Waals surface area contributed by atoms with Crippen molar-refractivity contribution < 1.29 is 4.39 Å². The molecule has 3 rings (SSSR count). The molecular formula is C15H16FN. The third-order valence-electron chi connectivity index (χ3n) is 4.07. The molecule has 2 aromatic rings. The molecule has 0 radical (unpaired) electrons. The maximum atomic E-state index is 13.8. The van der Waals surface area contributed by atoms with E-state index < -0.39 is 0 Å². The van der Waals surface area contributed by atoms with E-state index in [-0.39, 0.29) is 5.82 Å². The zero-order chi connectivity index (χ0) is 12.2. The average Bonchev–Trinajstić information content (AvgIpc) is 2.32. The van der Waals surface area contributed by atoms with Crippen molar-refractivity contribution in [3.8, 4) is 0 Å². The van der Waals surface area contributed by atoms with E-state index in [0.717, 1.165) is 36.0 Å². The number of hydrogen-bond acceptors (Lipinski definition) is 1. The Bertz CT molecular complexity index is 578. The van der Waals surface area contributed by atoms with Crippen LogP contribution in [0, 0.1) is 26.6 Å². The van der Waals surface area contributed by atoms with Crippen LogP contribution in [0.1, 0.15) is 34.4 Å². The third kappa shape index (κ3) is 1.40. The summed E-state index contributed by atoms with van der Waals surface area (Å²) in [6.07, 6.45) is 3.21. The van der Waals surface area contributed by atoms with Crippen LogP contribution >= 0.6 is 0 Å². The number of hydrogen-bond donors (Lipinski definition) is 0. The molecular weight excluding hydrogens is 213 g/mol. The Balaban J connectivity index is 2.54. The summed E-state index contributed by atoms with van der Waals surface area (Å²) in [7, 11) is 0. The van der Waals surface area contributed by atoms with Gasteiger partial charge in [0.05, 0.1) is 5.52 Å². The van der Waals surface area contributed by atoms with Gasteiger partial charge in [0.1, 0.15) is 5.82 Å². The van der Waals surface area contributed by atoms with Gasteiger partial charge in [-0.3, -0.25) is 4.98 Å². The van der Waals surface area contributed by atoms with Crippen molar-refractivity contribution in [2.45, 2.75) is 40.0 Å². The first-order valence-electron chi connectivity index (χ1n) is 6.17. The molecule has 2 heteroatoms. The van der Waals surface area contributed by atoms with E-state index in [2.05, 4.69) is 11.9 Å². The van der Waals surface area contributed by atoms with Gasteiger partial charge in [0, 0.05) is 17.1 Å². The average molecular weight is 229 g/mol. The topological polar surface area (TPSA) is 12.9 Å². The minimum absolute atomic E-state index is 0.115. The summed E-state index contributed by atoms with van der Waals surface area (Å²) in [5.74, 6) is -0.115. The quantitative estimate of drug-likeness (QED) is 0.669. The normalized spacial score (nSPS) is 14.4. The van der Waals surface area contributed by atoms with Crippen LogP contribution in [-0.2, 0) is 12.8 Å². The van der Waals surface area contributed by atoms with Crippen molar-refractivity contribution in [2.24, 2.45) is 0 Å². The van der Waals surface area contributed by atoms with Gasteiger partial charge >= 0.3 is 0 Å². The lowest BCUT2D eigenvalue weighted by molar-refractivity contribution is 0.615. The van der Waals surface area contributed by atoms with Crippen LogP contribution in [0.2, 0.25) is 0 Å². The Hall–Kier alpha value is -1.44. The van der Waals surface area contributed by atoms with Crippen molar-refractivity contribution in [2.75, 3.05) is 0 Å². The number of benzene rings is 1. The molecule has 1 heterocycles. The number of aromatic nitrogens is 1. The zero-order valence-electron chi connectivity index (χ0n) is 10.5. The van der Waals surface area contributed by atoms with E-state index in [1.54, 1.807) is 6.07 Å². The highest BCUT2D eigenvalue weighted by Crippen LogP contribution is 2.34. The van der Waals surface area contributed by atoms with Crippen molar-refractivity contribution in [1.29, 1.82) is 0 Å². The first kappa shape index (κ1) is 10.7. The van der Waals surface area contributed by atoms with E-state index in [1.165, 1.54) is 22.1 Å². The minimum Gasteiger partial charge on any atom is -0.253 e. The number of pyridine rings is 1. The van der Waals surface area contributed by atoms with Crippen molar-refractivity contribution in [3.05, 3.63) is 39.8 Å². The molecule has 0 bridgehead atoms. The van der Waals surface area contributed by atoms with Gasteiger partial charge in [-0.05, 0) is 62.3 Å². The minimum atomic E-state index is -0.115. The third-order valence-corrected chi connectivity index (χ3v) is 4.07. The molecule has 1 aromatic heterocycles. The predicted octanol–water partition coefficient (Wildman–Crippen LogP) is 3.79. The molecule has 0 saturated heterocycles. The van der Waals surface area contributed by atoms with Crippen LogP contribution in [0.4, 0.5) is 4.39 Å². The Morgan fingerprint density at radius 1 is 1.06 bits per heavy atom. The maximum absolute atomic E-state index is 13.8. The molecule has 1 nitrogen and oxygen atoms in total. The fourth-order valence-corrected chi connectivity index (χ4v) is 2.95. The standard InChI is InChI=1S/C15H16FN/c1-8-10(3)17-14-7-13(16)9(2)12-6-4-5-11(8)15(12)14/h7H,4-6H2,1-3H3. The van der Waals surface area contributed by atoms with E-state index in [0.29, 0.717) is 0 Å². The van der Waals surface area contributed by atoms with Crippen molar-refractivity contribution in [3.63, 3.8) is 0 Å². The second-order valence-corrected chi connectivity index (χ2v) is 5.01. The summed E-state index contributed by atoms with van der Waals surface area (Å²) >= 11 is 0. The summed E-state index contributed by atoms with van der Waals surface area (Å²) in [6, 6.07) is 1.59. The molecule has 88 valence electrons. The van der Waals surface area contributed by atoms with Crippen molar-refractivity contribution >= 4 is 10.9 Å². The molecule has 1 aliphatic carbocycles. The Kier molecular flexibility index (Phi) is 2.22. The predicted molar refractivity (Wildman–Crippen MR) is 67.9 cm³/mol. The number of rotatable bonds is 0. The number of halogens is 1. The van der Waals surface area contributed by atoms with Crippen LogP contribution in [-0.4, -0.2) is 4.98 Å². The number of aryl methyl sites for hydroxylation is 3. The second kappa shape index (κ2) is 3.52. The van der Waals surface area contributed by atoms with Gasteiger partial charge < -0.3 is 0 Å². The van der Waals surface area contributed by atoms with Gasteiger partial charge in [-0.1, -0.05) is 0 Å². The highest BCUT2D eigenvalue weighted by Gasteiger charge is 2.20. The van der Waals surface area contributed by atoms with E-state index in [9.17, 15) is 4.39 Å². The fourth-order valence-electron chi connectivity index (χ4n) is 2.95. The van der Waals surface area contributed by atoms with Gasteiger partial charge in [0.2, 0.25) is 0 Å². The lowest BCUT2D eigenvalue weighted by Crippen LogP contribution is -2.09. The van der Waals surface area contributed by atoms with Crippen LogP contribution < -0.4 is 0 Å². The summed E-state index contributed by atoms with van der Waals surface area (Å²) in [5.41, 5.74) is 6.52. The summed E-state index contributed by atoms with van der Waals surface area (Å²) in [4.78, 5) is 4.54. The number of nitrogens with zero attached hydrogens (tertiary/aromatic N) is 1. The molecule has 0 fully saturated rings. The lowest BCUT2D eigenvalue weighted by Gasteiger charge is -2.22. The van der Waals surface area contributed by atoms with Crippen molar-refractivity contribution in [1.82, 2.24) is 4.98 Å². The van der Waals surface area contributed by atoms with E-state index >= 15 is 0 Å². The van der Waals surface area contributed by atoms with Crippen LogP contribution in [0.15, 0.2) is 6.07 Å². The van der Waals surface area contributed by atoms with E-state index in [4.69, 9.17) is 0 Å². The zero-order valence-corrected chi connectivity index (χ0v) is 10.5. The smallest absolute Gasteiger partial charge is 0.128 e. The van der Waals surface area contributed by atoms with Gasteiger partial charge in [-0.2, -0.15) is 0 Å². The molecule has 0 unspecified atom stereocenters.